The summed E-state index contributed by atoms with van der Waals surface area (Å²) in [4.78, 5) is 14.0. The molecule has 1 saturated carbocycles. The van der Waals surface area contributed by atoms with Gasteiger partial charge in [0.1, 0.15) is 0 Å². The summed E-state index contributed by atoms with van der Waals surface area (Å²) in [6, 6.07) is 0. The third kappa shape index (κ3) is 1.60. The largest absolute Gasteiger partial charge is 0.381 e. The van der Waals surface area contributed by atoms with Gasteiger partial charge in [-0.25, -0.2) is 0 Å². The zero-order chi connectivity index (χ0) is 9.35. The molecule has 1 atom stereocenters. The molecule has 0 aliphatic heterocycles. The zero-order valence-electron chi connectivity index (χ0n) is 7.24. The average molecular weight is 168 g/mol. The quantitative estimate of drug-likeness (QED) is 0.420. The van der Waals surface area contributed by atoms with Gasteiger partial charge in [-0.1, -0.05) is 13.8 Å². The summed E-state index contributed by atoms with van der Waals surface area (Å²) in [6.45, 7) is 3.81. The van der Waals surface area contributed by atoms with Gasteiger partial charge in [-0.05, 0) is 11.8 Å². The van der Waals surface area contributed by atoms with E-state index in [1.54, 1.807) is 0 Å². The number of aliphatic hydroxyl groups excluding tert-OH is 1. The Morgan fingerprint density at radius 2 is 2.25 bits per heavy atom. The van der Waals surface area contributed by atoms with Gasteiger partial charge in [0, 0.05) is 6.42 Å². The van der Waals surface area contributed by atoms with Gasteiger partial charge in [0.25, 0.3) is 0 Å². The molecule has 0 radical (unpaired) electrons. The van der Waals surface area contributed by atoms with Gasteiger partial charge in [0.15, 0.2) is 6.10 Å². The molecule has 0 bridgehead atoms. The van der Waals surface area contributed by atoms with E-state index in [1.165, 1.54) is 0 Å². The van der Waals surface area contributed by atoms with Crippen LogP contribution in [0, 0.1) is 5.41 Å². The third-order valence-corrected chi connectivity index (χ3v) is 2.09. The van der Waals surface area contributed by atoms with Crippen molar-refractivity contribution in [3.8, 4) is 0 Å². The minimum atomic E-state index is -0.911. The van der Waals surface area contributed by atoms with Crippen LogP contribution in [0.15, 0.2) is 0 Å². The Bertz CT molecular complexity index is 264. The van der Waals surface area contributed by atoms with E-state index >= 15 is 0 Å². The zero-order valence-corrected chi connectivity index (χ0v) is 7.24. The Balaban J connectivity index is 2.92. The van der Waals surface area contributed by atoms with Crippen molar-refractivity contribution in [3.63, 3.8) is 0 Å². The highest BCUT2D eigenvalue weighted by Gasteiger charge is 2.42. The molecule has 0 aromatic carbocycles. The molecule has 4 heteroatoms. The van der Waals surface area contributed by atoms with Crippen molar-refractivity contribution in [2.24, 2.45) is 5.41 Å². The second kappa shape index (κ2) is 2.81. The minimum absolute atomic E-state index is 0.102. The van der Waals surface area contributed by atoms with Crippen molar-refractivity contribution < 1.29 is 14.7 Å². The molecule has 4 nitrogen and oxygen atoms in total. The van der Waals surface area contributed by atoms with E-state index < -0.39 is 6.10 Å². The van der Waals surface area contributed by atoms with Crippen molar-refractivity contribution in [2.75, 3.05) is 0 Å². The maximum atomic E-state index is 11.2. The topological polar surface area (TPSA) is 73.7 Å². The second-order valence-corrected chi connectivity index (χ2v) is 3.97. The van der Waals surface area contributed by atoms with Crippen molar-refractivity contribution in [1.29, 1.82) is 0 Å². The van der Waals surface area contributed by atoms with Crippen LogP contribution in [0.1, 0.15) is 26.7 Å². The minimum Gasteiger partial charge on any atom is -0.381 e. The average Bonchev–Trinajstić information content (AvgIpc) is 1.82. The number of aliphatic hydroxyl groups is 1. The highest BCUT2D eigenvalue weighted by molar-refractivity contribution is 6.39. The van der Waals surface area contributed by atoms with Gasteiger partial charge in [-0.2, -0.15) is 4.79 Å². The molecule has 0 amide bonds. The Kier molecular flexibility index (Phi) is 2.13. The lowest BCUT2D eigenvalue weighted by molar-refractivity contribution is -0.123. The molecule has 1 rings (SSSR count). The van der Waals surface area contributed by atoms with Crippen molar-refractivity contribution in [1.82, 2.24) is 0 Å². The lowest BCUT2D eigenvalue weighted by atomic mass is 9.75. The summed E-state index contributed by atoms with van der Waals surface area (Å²) < 4.78 is 0. The number of ketones is 1. The molecule has 1 aliphatic rings. The number of Topliss-reactive ketones (excluding diaryl/α,β-unsaturated/α-hetero) is 1. The highest BCUT2D eigenvalue weighted by Crippen LogP contribution is 2.31. The van der Waals surface area contributed by atoms with E-state index in [4.69, 9.17) is 5.53 Å². The van der Waals surface area contributed by atoms with Gasteiger partial charge in [-0.3, -0.25) is 4.79 Å². The standard InChI is InChI=1S/C8H12N2O2/c1-8(2)3-5(11)7(10-9)6(12)4-8/h5,11H,3-4H2,1-2H3. The predicted octanol–water partition coefficient (Wildman–Crippen LogP) is 0.407. The summed E-state index contributed by atoms with van der Waals surface area (Å²) in [5.74, 6) is -0.263. The third-order valence-electron chi connectivity index (χ3n) is 2.09. The van der Waals surface area contributed by atoms with Crippen LogP contribution in [-0.4, -0.2) is 27.5 Å². The molecule has 0 spiro atoms. The number of hydrogen-bond acceptors (Lipinski definition) is 2. The van der Waals surface area contributed by atoms with E-state index in [0.29, 0.717) is 12.8 Å². The van der Waals surface area contributed by atoms with E-state index in [0.717, 1.165) is 0 Å². The molecule has 0 aromatic heterocycles. The fourth-order valence-electron chi connectivity index (χ4n) is 1.53. The van der Waals surface area contributed by atoms with Gasteiger partial charge in [0.05, 0.1) is 0 Å². The molecule has 1 N–H and O–H groups in total. The summed E-state index contributed by atoms with van der Waals surface area (Å²) in [5, 5.41) is 9.36. The van der Waals surface area contributed by atoms with E-state index in [-0.39, 0.29) is 16.9 Å². The molecule has 1 fully saturated rings. The van der Waals surface area contributed by atoms with Crippen LogP contribution in [-0.2, 0) is 4.79 Å². The smallest absolute Gasteiger partial charge is 0.362 e. The Hall–Kier alpha value is -0.990. The number of nitrogens with zero attached hydrogens (tertiary/aromatic N) is 2. The first kappa shape index (κ1) is 9.10. The van der Waals surface area contributed by atoms with Gasteiger partial charge < -0.3 is 10.6 Å². The first-order valence-corrected chi connectivity index (χ1v) is 3.89. The van der Waals surface area contributed by atoms with Crippen molar-refractivity contribution in [2.45, 2.75) is 32.8 Å². The molecular weight excluding hydrogens is 156 g/mol. The van der Waals surface area contributed by atoms with Crippen LogP contribution in [0.25, 0.3) is 5.53 Å². The van der Waals surface area contributed by atoms with Crippen molar-refractivity contribution >= 4 is 11.5 Å². The SMILES string of the molecule is CC1(C)CC(=O)C(=[N+]=[N-])C(O)C1. The van der Waals surface area contributed by atoms with E-state index in [9.17, 15) is 9.90 Å². The van der Waals surface area contributed by atoms with Crippen LogP contribution >= 0.6 is 0 Å². The first-order valence-electron chi connectivity index (χ1n) is 3.89. The maximum absolute atomic E-state index is 11.2. The van der Waals surface area contributed by atoms with Crippen LogP contribution in [0.4, 0.5) is 0 Å². The fourth-order valence-corrected chi connectivity index (χ4v) is 1.53. The Morgan fingerprint density at radius 3 is 2.67 bits per heavy atom. The van der Waals surface area contributed by atoms with E-state index in [2.05, 4.69) is 4.79 Å². The highest BCUT2D eigenvalue weighted by atomic mass is 16.3. The van der Waals surface area contributed by atoms with E-state index in [1.807, 2.05) is 13.8 Å². The summed E-state index contributed by atoms with van der Waals surface area (Å²) in [7, 11) is 0. The maximum Gasteiger partial charge on any atom is 0.362 e. The summed E-state index contributed by atoms with van der Waals surface area (Å²) in [5.41, 5.74) is 8.12. The number of carbonyl (C=O) groups excluding carboxylic acids is 1. The molecule has 12 heavy (non-hydrogen) atoms. The molecule has 1 aliphatic carbocycles. The van der Waals surface area contributed by atoms with Gasteiger partial charge in [0.2, 0.25) is 5.78 Å². The molecule has 0 heterocycles. The van der Waals surface area contributed by atoms with Gasteiger partial charge in [-0.15, -0.1) is 0 Å². The Morgan fingerprint density at radius 1 is 1.67 bits per heavy atom. The molecule has 66 valence electrons. The monoisotopic (exact) mass is 168 g/mol. The fraction of sp³-hybridized carbons (Fsp3) is 0.750. The van der Waals surface area contributed by atoms with Crippen LogP contribution in [0.3, 0.4) is 0 Å². The lowest BCUT2D eigenvalue weighted by Crippen LogP contribution is -2.41. The second-order valence-electron chi connectivity index (χ2n) is 3.97. The Labute approximate surface area is 70.8 Å². The predicted molar refractivity (Wildman–Crippen MR) is 42.7 cm³/mol. The van der Waals surface area contributed by atoms with Crippen LogP contribution < -0.4 is 0 Å². The first-order chi connectivity index (χ1) is 5.46. The van der Waals surface area contributed by atoms with Crippen LogP contribution in [0.2, 0.25) is 0 Å². The molecule has 0 aromatic rings. The molecular formula is C8H12N2O2. The number of rotatable bonds is 0. The molecule has 1 unspecified atom stereocenters. The lowest BCUT2D eigenvalue weighted by Gasteiger charge is -2.28. The molecule has 0 saturated heterocycles. The van der Waals surface area contributed by atoms with Crippen LogP contribution in [0.5, 0.6) is 0 Å². The summed E-state index contributed by atoms with van der Waals surface area (Å²) in [6.07, 6.45) is -0.104. The van der Waals surface area contributed by atoms with Crippen molar-refractivity contribution in [3.05, 3.63) is 5.53 Å². The van der Waals surface area contributed by atoms with Gasteiger partial charge >= 0.3 is 5.71 Å². The normalized spacial score (nSPS) is 28.4. The summed E-state index contributed by atoms with van der Waals surface area (Å²) >= 11 is 0. The number of carbonyl (C=O) groups is 1. The number of hydrogen-bond donors (Lipinski definition) is 1.